The standard InChI is InChI=1S/C19H29BrO3/c1-17-6-5-14-12(13(17)2-3-15(17)22)8-16-19(20)9-11(21)4-7-18(14,19)10-23-16/h11-16,21-22H,2-10H2,1H3/t11-,12+,13+,14+,15+,16+,17+,18+,19+/m1/s1. The minimum absolute atomic E-state index is 0.0101. The molecule has 0 aromatic heterocycles. The van der Waals surface area contributed by atoms with Gasteiger partial charge in [-0.15, -0.1) is 0 Å². The van der Waals surface area contributed by atoms with Gasteiger partial charge in [-0.25, -0.2) is 0 Å². The zero-order valence-electron chi connectivity index (χ0n) is 14.0. The summed E-state index contributed by atoms with van der Waals surface area (Å²) >= 11 is 4.12. The number of halogens is 1. The fraction of sp³-hybridized carbons (Fsp3) is 1.00. The quantitative estimate of drug-likeness (QED) is 0.630. The molecule has 130 valence electrons. The van der Waals surface area contributed by atoms with Crippen molar-refractivity contribution in [3.05, 3.63) is 0 Å². The summed E-state index contributed by atoms with van der Waals surface area (Å²) < 4.78 is 6.34. The van der Waals surface area contributed by atoms with Crippen LogP contribution in [0.25, 0.3) is 0 Å². The number of alkyl halides is 1. The van der Waals surface area contributed by atoms with Crippen molar-refractivity contribution < 1.29 is 14.9 Å². The van der Waals surface area contributed by atoms with E-state index >= 15 is 0 Å². The molecule has 2 N–H and O–H groups in total. The Hall–Kier alpha value is 0.360. The van der Waals surface area contributed by atoms with Gasteiger partial charge in [0.15, 0.2) is 0 Å². The van der Waals surface area contributed by atoms with E-state index in [0.717, 1.165) is 45.1 Å². The first-order valence-corrected chi connectivity index (χ1v) is 10.4. The monoisotopic (exact) mass is 384 g/mol. The third kappa shape index (κ3) is 1.72. The van der Waals surface area contributed by atoms with Gasteiger partial charge >= 0.3 is 0 Å². The van der Waals surface area contributed by atoms with E-state index in [0.29, 0.717) is 17.8 Å². The van der Waals surface area contributed by atoms with Crippen LogP contribution in [0.3, 0.4) is 0 Å². The van der Waals surface area contributed by atoms with E-state index in [-0.39, 0.29) is 33.5 Å². The number of hydrogen-bond donors (Lipinski definition) is 2. The predicted molar refractivity (Wildman–Crippen MR) is 91.4 cm³/mol. The van der Waals surface area contributed by atoms with Crippen LogP contribution in [0.2, 0.25) is 0 Å². The molecule has 1 aliphatic heterocycles. The van der Waals surface area contributed by atoms with Gasteiger partial charge in [-0.2, -0.15) is 0 Å². The summed E-state index contributed by atoms with van der Waals surface area (Å²) in [7, 11) is 0. The lowest BCUT2D eigenvalue weighted by Gasteiger charge is -2.62. The Labute approximate surface area is 147 Å². The maximum absolute atomic E-state index is 10.6. The van der Waals surface area contributed by atoms with Crippen LogP contribution in [0, 0.1) is 28.6 Å². The molecule has 1 heterocycles. The first-order valence-electron chi connectivity index (χ1n) is 9.57. The maximum atomic E-state index is 10.6. The van der Waals surface area contributed by atoms with Crippen molar-refractivity contribution in [3.8, 4) is 0 Å². The molecule has 9 atom stereocenters. The first kappa shape index (κ1) is 15.6. The van der Waals surface area contributed by atoms with Crippen molar-refractivity contribution in [2.24, 2.45) is 28.6 Å². The van der Waals surface area contributed by atoms with Crippen LogP contribution in [-0.4, -0.2) is 39.5 Å². The summed E-state index contributed by atoms with van der Waals surface area (Å²) in [5.41, 5.74) is 0.354. The second kappa shape index (κ2) is 4.75. The Bertz CT molecular complexity index is 527. The van der Waals surface area contributed by atoms with Crippen LogP contribution in [-0.2, 0) is 4.74 Å². The number of fused-ring (bicyclic) bond motifs is 3. The summed E-state index contributed by atoms with van der Waals surface area (Å²) in [6.07, 6.45) is 8.55. The predicted octanol–water partition coefficient (Wildman–Crippen LogP) is 3.26. The minimum atomic E-state index is -0.176. The molecule has 0 radical (unpaired) electrons. The number of aliphatic hydroxyl groups is 2. The van der Waals surface area contributed by atoms with Crippen molar-refractivity contribution in [2.75, 3.05) is 6.61 Å². The van der Waals surface area contributed by atoms with Crippen molar-refractivity contribution in [2.45, 2.75) is 80.9 Å². The summed E-state index contributed by atoms with van der Waals surface area (Å²) in [6, 6.07) is 0. The van der Waals surface area contributed by atoms with E-state index < -0.39 is 0 Å². The van der Waals surface area contributed by atoms with Crippen LogP contribution in [0.15, 0.2) is 0 Å². The molecule has 5 rings (SSSR count). The lowest BCUT2D eigenvalue weighted by atomic mass is 9.45. The summed E-state index contributed by atoms with van der Waals surface area (Å²) in [4.78, 5) is 0. The Kier molecular flexibility index (Phi) is 3.22. The molecule has 5 aliphatic rings. The highest BCUT2D eigenvalue weighted by molar-refractivity contribution is 9.10. The zero-order chi connectivity index (χ0) is 16.0. The maximum Gasteiger partial charge on any atom is 0.0738 e. The molecule has 0 amide bonds. The molecule has 3 nitrogen and oxygen atoms in total. The average Bonchev–Trinajstić information content (AvgIpc) is 2.88. The van der Waals surface area contributed by atoms with Crippen molar-refractivity contribution >= 4 is 15.9 Å². The Balaban J connectivity index is 1.55. The molecule has 0 aromatic rings. The molecule has 1 saturated heterocycles. The smallest absolute Gasteiger partial charge is 0.0738 e. The molecule has 0 unspecified atom stereocenters. The van der Waals surface area contributed by atoms with Gasteiger partial charge in [0.1, 0.15) is 0 Å². The van der Waals surface area contributed by atoms with Gasteiger partial charge in [0.2, 0.25) is 0 Å². The fourth-order valence-corrected chi connectivity index (χ4v) is 8.98. The van der Waals surface area contributed by atoms with E-state index in [1.807, 2.05) is 0 Å². The molecule has 0 spiro atoms. The van der Waals surface area contributed by atoms with Gasteiger partial charge in [0, 0.05) is 5.41 Å². The summed E-state index contributed by atoms with van der Waals surface area (Å²) in [5.74, 6) is 2.08. The van der Waals surface area contributed by atoms with Gasteiger partial charge < -0.3 is 14.9 Å². The second-order valence-electron chi connectivity index (χ2n) is 9.47. The van der Waals surface area contributed by atoms with E-state index in [4.69, 9.17) is 4.74 Å². The highest BCUT2D eigenvalue weighted by Gasteiger charge is 2.72. The molecule has 23 heavy (non-hydrogen) atoms. The van der Waals surface area contributed by atoms with Crippen LogP contribution >= 0.6 is 15.9 Å². The van der Waals surface area contributed by atoms with E-state index in [9.17, 15) is 10.2 Å². The van der Waals surface area contributed by atoms with Gasteiger partial charge in [-0.1, -0.05) is 22.9 Å². The molecule has 5 fully saturated rings. The van der Waals surface area contributed by atoms with Crippen LogP contribution < -0.4 is 0 Å². The number of hydrogen-bond acceptors (Lipinski definition) is 3. The topological polar surface area (TPSA) is 49.7 Å². The SMILES string of the molecule is C[C@]12CC[C@H]3[C@@H](C[C@@H]4OC[C@@]35CC[C@@H](O)C[C@]45Br)[C@@H]1CC[C@@H]2O. The van der Waals surface area contributed by atoms with E-state index in [1.54, 1.807) is 0 Å². The normalized spacial score (nSPS) is 64.2. The Morgan fingerprint density at radius 2 is 1.87 bits per heavy atom. The van der Waals surface area contributed by atoms with E-state index in [1.165, 1.54) is 12.8 Å². The molecule has 4 saturated carbocycles. The molecule has 4 heteroatoms. The summed E-state index contributed by atoms with van der Waals surface area (Å²) in [6.45, 7) is 3.22. The lowest BCUT2D eigenvalue weighted by molar-refractivity contribution is -0.112. The van der Waals surface area contributed by atoms with Crippen molar-refractivity contribution in [1.29, 1.82) is 0 Å². The fourth-order valence-electron chi connectivity index (χ4n) is 7.68. The molecule has 4 aliphatic carbocycles. The van der Waals surface area contributed by atoms with E-state index in [2.05, 4.69) is 22.9 Å². The van der Waals surface area contributed by atoms with Gasteiger partial charge in [-0.3, -0.25) is 0 Å². The first-order chi connectivity index (χ1) is 10.9. The third-order valence-electron chi connectivity index (χ3n) is 8.92. The van der Waals surface area contributed by atoms with Crippen LogP contribution in [0.5, 0.6) is 0 Å². The van der Waals surface area contributed by atoms with Gasteiger partial charge in [-0.05, 0) is 74.5 Å². The lowest BCUT2D eigenvalue weighted by Crippen LogP contribution is -2.63. The highest BCUT2D eigenvalue weighted by Crippen LogP contribution is 2.72. The molecule has 2 bridgehead atoms. The number of rotatable bonds is 0. The Morgan fingerprint density at radius 1 is 1.04 bits per heavy atom. The van der Waals surface area contributed by atoms with Crippen LogP contribution in [0.1, 0.15) is 58.3 Å². The average molecular weight is 385 g/mol. The highest BCUT2D eigenvalue weighted by atomic mass is 79.9. The molecule has 0 aromatic carbocycles. The largest absolute Gasteiger partial charge is 0.393 e. The van der Waals surface area contributed by atoms with Gasteiger partial charge in [0.25, 0.3) is 0 Å². The second-order valence-corrected chi connectivity index (χ2v) is 10.9. The number of ether oxygens (including phenoxy) is 1. The third-order valence-corrected chi connectivity index (χ3v) is 10.5. The van der Waals surface area contributed by atoms with Crippen molar-refractivity contribution in [3.63, 3.8) is 0 Å². The number of aliphatic hydroxyl groups excluding tert-OH is 2. The Morgan fingerprint density at radius 3 is 2.70 bits per heavy atom. The zero-order valence-corrected chi connectivity index (χ0v) is 15.6. The van der Waals surface area contributed by atoms with Crippen molar-refractivity contribution in [1.82, 2.24) is 0 Å². The van der Waals surface area contributed by atoms with Gasteiger partial charge in [0.05, 0.1) is 29.2 Å². The van der Waals surface area contributed by atoms with Crippen LogP contribution in [0.4, 0.5) is 0 Å². The molecular formula is C19H29BrO3. The summed E-state index contributed by atoms with van der Waals surface area (Å²) in [5, 5.41) is 20.8. The molecular weight excluding hydrogens is 356 g/mol. The minimum Gasteiger partial charge on any atom is -0.393 e.